The predicted octanol–water partition coefficient (Wildman–Crippen LogP) is 30.5. The molecule has 0 radical (unpaired) electrons. The minimum absolute atomic E-state index is 0.0429. The summed E-state index contributed by atoms with van der Waals surface area (Å²) < 4.78 is 0. The molecule has 0 unspecified atom stereocenters. The molecule has 13 aromatic carbocycles. The second kappa shape index (κ2) is 29.9. The van der Waals surface area contributed by atoms with Gasteiger partial charge in [0.1, 0.15) is 0 Å². The molecule has 0 saturated carbocycles. The highest BCUT2D eigenvalue weighted by Gasteiger charge is 2.37. The van der Waals surface area contributed by atoms with E-state index in [0.717, 1.165) is 0 Å². The summed E-state index contributed by atoms with van der Waals surface area (Å²) in [4.78, 5) is 0. The Hall–Kier alpha value is -9.36. The van der Waals surface area contributed by atoms with Crippen molar-refractivity contribution in [1.29, 1.82) is 0 Å². The molecule has 0 atom stereocenters. The summed E-state index contributed by atoms with van der Waals surface area (Å²) in [6.45, 7) is 45.6. The average Bonchev–Trinajstić information content (AvgIpc) is 1.58. The van der Waals surface area contributed by atoms with Crippen molar-refractivity contribution >= 4 is 32.3 Å². The Morgan fingerprint density at radius 3 is 0.951 bits per heavy atom. The molecule has 0 spiro atoms. The van der Waals surface area contributed by atoms with Gasteiger partial charge >= 0.3 is 0 Å². The van der Waals surface area contributed by atoms with Gasteiger partial charge in [0.2, 0.25) is 0 Å². The zero-order valence-corrected chi connectivity index (χ0v) is 64.9. The van der Waals surface area contributed by atoms with E-state index < -0.39 is 0 Å². The number of hydrogen-bond acceptors (Lipinski definition) is 0. The molecule has 2 aliphatic carbocycles. The van der Waals surface area contributed by atoms with Gasteiger partial charge in [-0.05, 0) is 231 Å². The first-order chi connectivity index (χ1) is 48.7. The van der Waals surface area contributed by atoms with Crippen molar-refractivity contribution in [3.63, 3.8) is 0 Å². The highest BCUT2D eigenvalue weighted by Crippen LogP contribution is 2.52. The van der Waals surface area contributed by atoms with E-state index in [1.165, 1.54) is 166 Å². The second-order valence-corrected chi connectivity index (χ2v) is 32.8. The Labute approximate surface area is 613 Å². The van der Waals surface area contributed by atoms with Gasteiger partial charge in [-0.25, -0.2) is 0 Å². The fourth-order valence-electron chi connectivity index (χ4n) is 15.5. The fraction of sp³-hybridized carbons (Fsp3) is 0.294. The molecule has 0 bridgehead atoms. The van der Waals surface area contributed by atoms with Crippen molar-refractivity contribution in [2.45, 2.75) is 197 Å². The Kier molecular flexibility index (Phi) is 21.2. The van der Waals surface area contributed by atoms with Crippen LogP contribution in [-0.4, -0.2) is 0 Å². The molecule has 518 valence electrons. The topological polar surface area (TPSA) is 0 Å². The van der Waals surface area contributed by atoms with E-state index in [4.69, 9.17) is 0 Å². The SMILES string of the molecule is CC(C)c1ccc(-c2ccc(C(C)C)c3ccccc23)cc1.CC(C)c1ccc(-c2ccc3c(c2)C(C)(C)c2cc(C(C)C)ccc2-3)cc1.CC(C)c1ccc(-c2ccc3c(ccc4cc(C(C)C)ccc43)c2)cc1.CC(C)c1cccc(-c2ccc3c(c2)C(C)(C)c2cc(C(C)C)ccc2-3)c1. The molecular formula is C102H110. The lowest BCUT2D eigenvalue weighted by atomic mass is 9.80. The first-order valence-electron chi connectivity index (χ1n) is 38.2. The normalized spacial score (nSPS) is 13.2. The van der Waals surface area contributed by atoms with Crippen molar-refractivity contribution in [2.75, 3.05) is 0 Å². The molecule has 15 rings (SSSR count). The third-order valence-electron chi connectivity index (χ3n) is 22.4. The van der Waals surface area contributed by atoms with E-state index in [0.29, 0.717) is 47.3 Å². The molecule has 0 saturated heterocycles. The van der Waals surface area contributed by atoms with Gasteiger partial charge in [0.25, 0.3) is 0 Å². The summed E-state index contributed by atoms with van der Waals surface area (Å²) >= 11 is 0. The molecular weight excluding hydrogens is 1230 g/mol. The standard InChI is InChI=1S/2C27H30.C26H26.C22H24/c1-17(2)19-7-9-20(10-8-19)22-12-14-24-23-13-11-21(18(3)4)15-25(23)27(5,6)26(24)16-22;1-17(2)19-8-7-9-21(14-19)22-11-13-24-23-12-10-20(18(3)4)15-25(23)27(5,6)26(24)16-22;1-17(2)19-5-7-20(8-6-19)22-12-14-26-24(16-22)10-9-23-15-21(18(3)4)11-13-25(23)26;1-15(2)17-9-11-18(12-10-17)20-14-13-19(16(3)4)21-7-5-6-8-22(20)21/h2*7-18H,1-6H3;5-18H,1-4H3;5-16H,1-4H3. The minimum Gasteiger partial charge on any atom is -0.0616 e. The molecule has 0 aromatic heterocycles. The predicted molar refractivity (Wildman–Crippen MR) is 448 cm³/mol. The van der Waals surface area contributed by atoms with Gasteiger partial charge in [0.05, 0.1) is 0 Å². The largest absolute Gasteiger partial charge is 0.0616 e. The number of hydrogen-bond donors (Lipinski definition) is 0. The summed E-state index contributed by atoms with van der Waals surface area (Å²) in [5, 5.41) is 8.04. The van der Waals surface area contributed by atoms with Crippen LogP contribution < -0.4 is 0 Å². The van der Waals surface area contributed by atoms with Gasteiger partial charge in [-0.1, -0.05) is 375 Å². The first kappa shape index (κ1) is 72.4. The van der Waals surface area contributed by atoms with Gasteiger partial charge in [-0.2, -0.15) is 0 Å². The summed E-state index contributed by atoms with van der Waals surface area (Å²) in [7, 11) is 0. The van der Waals surface area contributed by atoms with Crippen LogP contribution in [-0.2, 0) is 10.8 Å². The van der Waals surface area contributed by atoms with Crippen LogP contribution in [0.4, 0.5) is 0 Å². The molecule has 0 heteroatoms. The molecule has 0 heterocycles. The van der Waals surface area contributed by atoms with Crippen LogP contribution in [0.25, 0.3) is 99.1 Å². The maximum absolute atomic E-state index is 2.43. The van der Waals surface area contributed by atoms with Gasteiger partial charge in [-0.3, -0.25) is 0 Å². The quantitative estimate of drug-likeness (QED) is 0.107. The van der Waals surface area contributed by atoms with Gasteiger partial charge in [-0.15, -0.1) is 0 Å². The Balaban J connectivity index is 0.000000129. The molecule has 102 heavy (non-hydrogen) atoms. The van der Waals surface area contributed by atoms with Crippen LogP contribution >= 0.6 is 0 Å². The number of fused-ring (bicyclic) bond motifs is 10. The van der Waals surface area contributed by atoms with E-state index >= 15 is 0 Å². The van der Waals surface area contributed by atoms with Crippen LogP contribution in [0.3, 0.4) is 0 Å². The summed E-state index contributed by atoms with van der Waals surface area (Å²) in [5.41, 5.74) is 33.3. The third-order valence-corrected chi connectivity index (χ3v) is 22.4. The summed E-state index contributed by atoms with van der Waals surface area (Å²) in [5.74, 6) is 4.50. The van der Waals surface area contributed by atoms with Crippen LogP contribution in [0.2, 0.25) is 0 Å². The fourth-order valence-corrected chi connectivity index (χ4v) is 15.5. The van der Waals surface area contributed by atoms with Crippen molar-refractivity contribution in [2.24, 2.45) is 0 Å². The van der Waals surface area contributed by atoms with E-state index in [1.54, 1.807) is 0 Å². The van der Waals surface area contributed by atoms with Crippen LogP contribution in [0, 0.1) is 0 Å². The molecule has 13 aromatic rings. The third kappa shape index (κ3) is 14.8. The van der Waals surface area contributed by atoms with Crippen molar-refractivity contribution < 1.29 is 0 Å². The molecule has 0 aliphatic heterocycles. The minimum atomic E-state index is 0.0429. The Morgan fingerprint density at radius 2 is 0.500 bits per heavy atom. The Bertz CT molecular complexity index is 5130. The monoisotopic (exact) mass is 1330 g/mol. The first-order valence-corrected chi connectivity index (χ1v) is 38.2. The zero-order chi connectivity index (χ0) is 72.6. The second-order valence-electron chi connectivity index (χ2n) is 32.8. The lowest BCUT2D eigenvalue weighted by Gasteiger charge is -2.23. The van der Waals surface area contributed by atoms with E-state index in [9.17, 15) is 0 Å². The summed E-state index contributed by atoms with van der Waals surface area (Å²) in [6, 6.07) is 95.8. The van der Waals surface area contributed by atoms with Gasteiger partial charge in [0.15, 0.2) is 0 Å². The van der Waals surface area contributed by atoms with Gasteiger partial charge in [0, 0.05) is 10.8 Å². The molecule has 0 fully saturated rings. The lowest BCUT2D eigenvalue weighted by Crippen LogP contribution is -2.15. The molecule has 0 nitrogen and oxygen atoms in total. The van der Waals surface area contributed by atoms with Crippen LogP contribution in [0.15, 0.2) is 255 Å². The molecule has 0 N–H and O–H groups in total. The molecule has 2 aliphatic rings. The maximum Gasteiger partial charge on any atom is 0.0159 e. The number of rotatable bonds is 12. The maximum atomic E-state index is 2.43. The number of benzene rings is 13. The van der Waals surface area contributed by atoms with Crippen molar-refractivity contribution in [1.82, 2.24) is 0 Å². The zero-order valence-electron chi connectivity index (χ0n) is 64.9. The summed E-state index contributed by atoms with van der Waals surface area (Å²) in [6.07, 6.45) is 0. The van der Waals surface area contributed by atoms with Crippen molar-refractivity contribution in [3.8, 4) is 66.8 Å². The van der Waals surface area contributed by atoms with Crippen LogP contribution in [0.5, 0.6) is 0 Å². The van der Waals surface area contributed by atoms with Crippen molar-refractivity contribution in [3.05, 3.63) is 322 Å². The Morgan fingerprint density at radius 1 is 0.186 bits per heavy atom. The van der Waals surface area contributed by atoms with E-state index in [-0.39, 0.29) is 10.8 Å². The lowest BCUT2D eigenvalue weighted by molar-refractivity contribution is 0.658. The van der Waals surface area contributed by atoms with E-state index in [2.05, 4.69) is 393 Å². The highest BCUT2D eigenvalue weighted by molar-refractivity contribution is 6.08. The molecule has 0 amide bonds. The van der Waals surface area contributed by atoms with Crippen LogP contribution in [0.1, 0.15) is 253 Å². The average molecular weight is 1340 g/mol. The van der Waals surface area contributed by atoms with Gasteiger partial charge < -0.3 is 0 Å². The highest BCUT2D eigenvalue weighted by atomic mass is 14.4. The van der Waals surface area contributed by atoms with E-state index in [1.807, 2.05) is 0 Å². The smallest absolute Gasteiger partial charge is 0.0159 e.